The van der Waals surface area contributed by atoms with E-state index in [1.54, 1.807) is 51.1 Å². The molecule has 0 bridgehead atoms. The summed E-state index contributed by atoms with van der Waals surface area (Å²) >= 11 is 0. The van der Waals surface area contributed by atoms with Crippen LogP contribution in [-0.2, 0) is 10.0 Å². The van der Waals surface area contributed by atoms with Crippen LogP contribution in [0.4, 0.5) is 5.69 Å². The summed E-state index contributed by atoms with van der Waals surface area (Å²) in [5.41, 5.74) is 5.76. The Morgan fingerprint density at radius 3 is 2.03 bits per heavy atom. The molecule has 0 aliphatic rings. The zero-order valence-electron chi connectivity index (χ0n) is 18.9. The van der Waals surface area contributed by atoms with Crippen LogP contribution in [0.15, 0.2) is 70.7 Å². The van der Waals surface area contributed by atoms with Gasteiger partial charge in [0, 0.05) is 11.3 Å². The van der Waals surface area contributed by atoms with Gasteiger partial charge < -0.3 is 5.32 Å². The van der Waals surface area contributed by atoms with E-state index in [2.05, 4.69) is 15.2 Å². The number of anilines is 1. The molecule has 6 nitrogen and oxygen atoms in total. The molecule has 0 fully saturated rings. The molecule has 32 heavy (non-hydrogen) atoms. The standard InChI is InChI=1S/C25H27N3O3S/c1-16-14-18(3)24(19(4)15-16)32(30,31)28-27-20(5)21-10-12-22(13-11-21)26-25(29)23-9-7-6-8-17(23)2/h6-15,28H,1-5H3,(H,26,29)/b27-20+. The lowest BCUT2D eigenvalue weighted by Crippen LogP contribution is -2.22. The van der Waals surface area contributed by atoms with Crippen molar-refractivity contribution < 1.29 is 13.2 Å². The van der Waals surface area contributed by atoms with Crippen LogP contribution in [0.2, 0.25) is 0 Å². The number of carbonyl (C=O) groups is 1. The summed E-state index contributed by atoms with van der Waals surface area (Å²) in [5.74, 6) is -0.183. The van der Waals surface area contributed by atoms with Gasteiger partial charge in [-0.2, -0.15) is 18.4 Å². The van der Waals surface area contributed by atoms with Crippen LogP contribution >= 0.6 is 0 Å². The predicted molar refractivity (Wildman–Crippen MR) is 129 cm³/mol. The number of amides is 1. The van der Waals surface area contributed by atoms with Gasteiger partial charge in [-0.15, -0.1) is 0 Å². The Balaban J connectivity index is 1.74. The van der Waals surface area contributed by atoms with Gasteiger partial charge in [-0.1, -0.05) is 48.0 Å². The van der Waals surface area contributed by atoms with Gasteiger partial charge >= 0.3 is 0 Å². The van der Waals surface area contributed by atoms with Crippen LogP contribution in [0.1, 0.15) is 45.1 Å². The summed E-state index contributed by atoms with van der Waals surface area (Å²) in [6.07, 6.45) is 0. The predicted octanol–water partition coefficient (Wildman–Crippen LogP) is 4.88. The molecule has 2 N–H and O–H groups in total. The van der Waals surface area contributed by atoms with E-state index in [9.17, 15) is 13.2 Å². The maximum atomic E-state index is 12.8. The Labute approximate surface area is 189 Å². The van der Waals surface area contributed by atoms with Gasteiger partial charge in [0.05, 0.1) is 10.6 Å². The van der Waals surface area contributed by atoms with E-state index in [4.69, 9.17) is 0 Å². The number of nitrogens with one attached hydrogen (secondary N) is 2. The molecule has 0 saturated carbocycles. The lowest BCUT2D eigenvalue weighted by Gasteiger charge is -2.12. The van der Waals surface area contributed by atoms with Gasteiger partial charge in [0.2, 0.25) is 0 Å². The molecule has 0 aromatic heterocycles. The van der Waals surface area contributed by atoms with Gasteiger partial charge in [-0.05, 0) is 75.1 Å². The third kappa shape index (κ3) is 5.23. The average Bonchev–Trinajstić information content (AvgIpc) is 2.72. The minimum absolute atomic E-state index is 0.183. The fraction of sp³-hybridized carbons (Fsp3) is 0.200. The zero-order valence-corrected chi connectivity index (χ0v) is 19.7. The number of rotatable bonds is 6. The molecule has 0 spiro atoms. The fourth-order valence-electron chi connectivity index (χ4n) is 3.65. The van der Waals surface area contributed by atoms with Crippen LogP contribution in [0.5, 0.6) is 0 Å². The Hall–Kier alpha value is -3.45. The number of nitrogens with zero attached hydrogens (tertiary/aromatic N) is 1. The molecule has 3 aromatic carbocycles. The average molecular weight is 450 g/mol. The number of sulfonamides is 1. The second-order valence-corrected chi connectivity index (χ2v) is 9.46. The number of aryl methyl sites for hydroxylation is 4. The molecule has 0 aliphatic heterocycles. The Morgan fingerprint density at radius 2 is 1.44 bits per heavy atom. The van der Waals surface area contributed by atoms with Crippen LogP contribution in [-0.4, -0.2) is 20.0 Å². The molecule has 0 radical (unpaired) electrons. The minimum atomic E-state index is -3.79. The molecule has 0 aliphatic carbocycles. The largest absolute Gasteiger partial charge is 0.322 e. The summed E-state index contributed by atoms with van der Waals surface area (Å²) < 4.78 is 25.6. The fourth-order valence-corrected chi connectivity index (χ4v) is 4.96. The zero-order chi connectivity index (χ0) is 23.5. The summed E-state index contributed by atoms with van der Waals surface area (Å²) in [4.78, 5) is 15.0. The Morgan fingerprint density at radius 1 is 0.844 bits per heavy atom. The molecule has 3 aromatic rings. The first-order valence-corrected chi connectivity index (χ1v) is 11.7. The molecule has 166 valence electrons. The molecular formula is C25H27N3O3S. The van der Waals surface area contributed by atoms with Crippen molar-refractivity contribution in [1.82, 2.24) is 4.83 Å². The van der Waals surface area contributed by atoms with E-state index in [-0.39, 0.29) is 10.8 Å². The van der Waals surface area contributed by atoms with Crippen molar-refractivity contribution >= 4 is 27.3 Å². The number of hydrogen-bond acceptors (Lipinski definition) is 4. The molecule has 0 saturated heterocycles. The lowest BCUT2D eigenvalue weighted by atomic mass is 10.1. The third-order valence-electron chi connectivity index (χ3n) is 5.16. The Bertz CT molecular complexity index is 1270. The second kappa shape index (κ2) is 9.36. The van der Waals surface area contributed by atoms with Gasteiger partial charge in [-0.3, -0.25) is 4.79 Å². The first kappa shape index (κ1) is 23.2. The normalized spacial score (nSPS) is 11.8. The van der Waals surface area contributed by atoms with Gasteiger partial charge in [0.25, 0.3) is 15.9 Å². The number of benzene rings is 3. The van der Waals surface area contributed by atoms with E-state index >= 15 is 0 Å². The SMILES string of the molecule is C/C(=N\NS(=O)(=O)c1c(C)cc(C)cc1C)c1ccc(NC(=O)c2ccccc2C)cc1. The second-order valence-electron chi connectivity index (χ2n) is 7.87. The first-order chi connectivity index (χ1) is 15.1. The van der Waals surface area contributed by atoms with E-state index in [1.165, 1.54) is 0 Å². The maximum Gasteiger partial charge on any atom is 0.277 e. The number of carbonyl (C=O) groups excluding carboxylic acids is 1. The maximum absolute atomic E-state index is 12.8. The third-order valence-corrected chi connectivity index (χ3v) is 6.67. The van der Waals surface area contributed by atoms with Crippen molar-refractivity contribution in [2.45, 2.75) is 39.5 Å². The molecular weight excluding hydrogens is 422 g/mol. The summed E-state index contributed by atoms with van der Waals surface area (Å²) in [5, 5.41) is 6.96. The van der Waals surface area contributed by atoms with Crippen LogP contribution in [0.3, 0.4) is 0 Å². The van der Waals surface area contributed by atoms with Crippen molar-refractivity contribution in [1.29, 1.82) is 0 Å². The monoisotopic (exact) mass is 449 g/mol. The highest BCUT2D eigenvalue weighted by Crippen LogP contribution is 2.21. The summed E-state index contributed by atoms with van der Waals surface area (Å²) in [7, 11) is -3.79. The quantitative estimate of drug-likeness (QED) is 0.415. The van der Waals surface area contributed by atoms with Gasteiger partial charge in [0.1, 0.15) is 0 Å². The van der Waals surface area contributed by atoms with Gasteiger partial charge in [0.15, 0.2) is 0 Å². The summed E-state index contributed by atoms with van der Waals surface area (Å²) in [6, 6.07) is 18.1. The smallest absolute Gasteiger partial charge is 0.277 e. The van der Waals surface area contributed by atoms with Crippen LogP contribution < -0.4 is 10.1 Å². The molecule has 0 unspecified atom stereocenters. The van der Waals surface area contributed by atoms with E-state index in [0.29, 0.717) is 28.1 Å². The molecule has 0 heterocycles. The number of hydrogen-bond donors (Lipinski definition) is 2. The Kier molecular flexibility index (Phi) is 6.79. The van der Waals surface area contributed by atoms with Gasteiger partial charge in [-0.25, -0.2) is 0 Å². The summed E-state index contributed by atoms with van der Waals surface area (Å²) in [6.45, 7) is 9.08. The lowest BCUT2D eigenvalue weighted by molar-refractivity contribution is 0.102. The molecule has 0 atom stereocenters. The first-order valence-electron chi connectivity index (χ1n) is 10.2. The minimum Gasteiger partial charge on any atom is -0.322 e. The molecule has 3 rings (SSSR count). The van der Waals surface area contributed by atoms with Crippen molar-refractivity contribution in [2.24, 2.45) is 5.10 Å². The van der Waals surface area contributed by atoms with E-state index in [1.807, 2.05) is 44.2 Å². The van der Waals surface area contributed by atoms with Crippen molar-refractivity contribution in [3.05, 3.63) is 94.0 Å². The van der Waals surface area contributed by atoms with Crippen molar-refractivity contribution in [2.75, 3.05) is 5.32 Å². The molecule has 1 amide bonds. The van der Waals surface area contributed by atoms with Crippen molar-refractivity contribution in [3.63, 3.8) is 0 Å². The van der Waals surface area contributed by atoms with Crippen LogP contribution in [0, 0.1) is 27.7 Å². The highest BCUT2D eigenvalue weighted by molar-refractivity contribution is 7.89. The van der Waals surface area contributed by atoms with E-state index < -0.39 is 10.0 Å². The van der Waals surface area contributed by atoms with E-state index in [0.717, 1.165) is 16.7 Å². The highest BCUT2D eigenvalue weighted by atomic mass is 32.2. The molecule has 7 heteroatoms. The topological polar surface area (TPSA) is 87.6 Å². The highest BCUT2D eigenvalue weighted by Gasteiger charge is 2.19. The number of hydrazone groups is 1. The van der Waals surface area contributed by atoms with Crippen LogP contribution in [0.25, 0.3) is 0 Å². The van der Waals surface area contributed by atoms with Crippen molar-refractivity contribution in [3.8, 4) is 0 Å².